The first-order chi connectivity index (χ1) is 8.61. The van der Waals surface area contributed by atoms with Crippen LogP contribution in [0.5, 0.6) is 23.0 Å². The number of phenols is 1. The molecule has 2 aromatic rings. The second-order valence-electron chi connectivity index (χ2n) is 3.49. The highest BCUT2D eigenvalue weighted by Gasteiger charge is 2.12. The molecular weight excluding hydrogens is 275 g/mol. The lowest BCUT2D eigenvalue weighted by Gasteiger charge is -2.10. The van der Waals surface area contributed by atoms with Crippen molar-refractivity contribution in [2.75, 3.05) is 7.11 Å². The molecule has 0 amide bonds. The average molecular weight is 285 g/mol. The summed E-state index contributed by atoms with van der Waals surface area (Å²) in [6.07, 6.45) is 0. The van der Waals surface area contributed by atoms with Crippen LogP contribution in [0.2, 0.25) is 10.0 Å². The number of halogens is 2. The van der Waals surface area contributed by atoms with Crippen molar-refractivity contribution in [3.05, 3.63) is 46.4 Å². The summed E-state index contributed by atoms with van der Waals surface area (Å²) in [7, 11) is 1.58. The van der Waals surface area contributed by atoms with Crippen LogP contribution in [0.1, 0.15) is 0 Å². The van der Waals surface area contributed by atoms with Gasteiger partial charge in [-0.1, -0.05) is 23.2 Å². The number of methoxy groups -OCH3 is 1. The minimum Gasteiger partial charge on any atom is -0.506 e. The van der Waals surface area contributed by atoms with Gasteiger partial charge in [0.1, 0.15) is 22.3 Å². The van der Waals surface area contributed by atoms with Crippen LogP contribution in [0.3, 0.4) is 0 Å². The number of ether oxygens (including phenoxy) is 2. The maximum absolute atomic E-state index is 9.49. The van der Waals surface area contributed by atoms with E-state index in [9.17, 15) is 5.11 Å². The van der Waals surface area contributed by atoms with E-state index >= 15 is 0 Å². The van der Waals surface area contributed by atoms with E-state index in [1.54, 1.807) is 31.4 Å². The molecule has 5 heteroatoms. The molecule has 0 bridgehead atoms. The quantitative estimate of drug-likeness (QED) is 0.902. The largest absolute Gasteiger partial charge is 0.506 e. The number of rotatable bonds is 3. The minimum absolute atomic E-state index is 0.0791. The van der Waals surface area contributed by atoms with Crippen molar-refractivity contribution in [2.45, 2.75) is 0 Å². The van der Waals surface area contributed by atoms with Crippen molar-refractivity contribution in [3.8, 4) is 23.0 Å². The minimum atomic E-state index is -0.0791. The van der Waals surface area contributed by atoms with Gasteiger partial charge in [-0.15, -0.1) is 0 Å². The zero-order valence-corrected chi connectivity index (χ0v) is 11.0. The third kappa shape index (κ3) is 2.63. The molecule has 0 aliphatic rings. The molecule has 18 heavy (non-hydrogen) atoms. The molecule has 0 unspecified atom stereocenters. The Kier molecular flexibility index (Phi) is 3.84. The third-order valence-corrected chi connectivity index (χ3v) is 2.97. The predicted molar refractivity (Wildman–Crippen MR) is 71.2 cm³/mol. The van der Waals surface area contributed by atoms with Gasteiger partial charge in [-0.25, -0.2) is 0 Å². The fourth-order valence-electron chi connectivity index (χ4n) is 1.38. The summed E-state index contributed by atoms with van der Waals surface area (Å²) >= 11 is 11.9. The normalized spacial score (nSPS) is 10.2. The molecule has 0 aliphatic carbocycles. The lowest BCUT2D eigenvalue weighted by atomic mass is 10.3. The molecule has 0 aromatic heterocycles. The maximum Gasteiger partial charge on any atom is 0.168 e. The molecular formula is C13H10Cl2O3. The van der Waals surface area contributed by atoms with E-state index in [0.29, 0.717) is 10.8 Å². The van der Waals surface area contributed by atoms with Gasteiger partial charge in [0.2, 0.25) is 0 Å². The van der Waals surface area contributed by atoms with Crippen molar-refractivity contribution in [1.29, 1.82) is 0 Å². The van der Waals surface area contributed by atoms with Gasteiger partial charge in [0, 0.05) is 0 Å². The molecule has 2 aromatic carbocycles. The van der Waals surface area contributed by atoms with E-state index in [2.05, 4.69) is 0 Å². The number of aromatic hydroxyl groups is 1. The molecule has 0 heterocycles. The van der Waals surface area contributed by atoms with Gasteiger partial charge < -0.3 is 14.6 Å². The highest BCUT2D eigenvalue weighted by Crippen LogP contribution is 2.41. The first-order valence-electron chi connectivity index (χ1n) is 5.10. The van der Waals surface area contributed by atoms with Crippen LogP contribution in [0.4, 0.5) is 0 Å². The van der Waals surface area contributed by atoms with Gasteiger partial charge in [-0.05, 0) is 36.4 Å². The Labute approximate surface area is 114 Å². The van der Waals surface area contributed by atoms with E-state index in [-0.39, 0.29) is 16.5 Å². The van der Waals surface area contributed by atoms with Crippen molar-refractivity contribution >= 4 is 23.2 Å². The van der Waals surface area contributed by atoms with Crippen molar-refractivity contribution in [2.24, 2.45) is 0 Å². The van der Waals surface area contributed by atoms with E-state index < -0.39 is 0 Å². The summed E-state index contributed by atoms with van der Waals surface area (Å²) < 4.78 is 10.6. The molecule has 0 spiro atoms. The van der Waals surface area contributed by atoms with Crippen LogP contribution in [-0.4, -0.2) is 12.2 Å². The molecule has 2 rings (SSSR count). The molecule has 0 atom stereocenters. The molecule has 0 fully saturated rings. The van der Waals surface area contributed by atoms with Gasteiger partial charge >= 0.3 is 0 Å². The lowest BCUT2D eigenvalue weighted by molar-refractivity contribution is 0.412. The molecule has 0 aliphatic heterocycles. The Balaban J connectivity index is 2.30. The van der Waals surface area contributed by atoms with Gasteiger partial charge in [0.15, 0.2) is 5.75 Å². The summed E-state index contributed by atoms with van der Waals surface area (Å²) in [4.78, 5) is 0. The zero-order chi connectivity index (χ0) is 13.1. The molecule has 94 valence electrons. The highest BCUT2D eigenvalue weighted by atomic mass is 35.5. The Bertz CT molecular complexity index is 553. The summed E-state index contributed by atoms with van der Waals surface area (Å²) in [5.41, 5.74) is 0. The van der Waals surface area contributed by atoms with Gasteiger partial charge in [-0.3, -0.25) is 0 Å². The van der Waals surface area contributed by atoms with E-state index in [1.165, 1.54) is 12.1 Å². The fourth-order valence-corrected chi connectivity index (χ4v) is 1.83. The van der Waals surface area contributed by atoms with Gasteiger partial charge in [-0.2, -0.15) is 0 Å². The monoisotopic (exact) mass is 284 g/mol. The van der Waals surface area contributed by atoms with Crippen LogP contribution >= 0.6 is 23.2 Å². The number of hydrogen-bond donors (Lipinski definition) is 1. The van der Waals surface area contributed by atoms with E-state index in [1.807, 2.05) is 0 Å². The second-order valence-corrected chi connectivity index (χ2v) is 4.27. The topological polar surface area (TPSA) is 38.7 Å². The molecule has 3 nitrogen and oxygen atoms in total. The van der Waals surface area contributed by atoms with Gasteiger partial charge in [0.05, 0.1) is 12.1 Å². The number of benzene rings is 2. The summed E-state index contributed by atoms with van der Waals surface area (Å²) in [6.45, 7) is 0. The van der Waals surface area contributed by atoms with Crippen molar-refractivity contribution in [3.63, 3.8) is 0 Å². The second kappa shape index (κ2) is 5.38. The average Bonchev–Trinajstić information content (AvgIpc) is 2.40. The zero-order valence-electron chi connectivity index (χ0n) is 9.48. The summed E-state index contributed by atoms with van der Waals surface area (Å²) in [6, 6.07) is 9.86. The predicted octanol–water partition coefficient (Wildman–Crippen LogP) is 4.50. The Hall–Kier alpha value is -1.58. The third-order valence-electron chi connectivity index (χ3n) is 2.31. The Morgan fingerprint density at radius 3 is 2.17 bits per heavy atom. The maximum atomic E-state index is 9.49. The fraction of sp³-hybridized carbons (Fsp3) is 0.0769. The SMILES string of the molecule is COc1ccc(Oc2c(Cl)ccc(O)c2Cl)cc1. The molecule has 1 N–H and O–H groups in total. The Morgan fingerprint density at radius 1 is 0.944 bits per heavy atom. The van der Waals surface area contributed by atoms with E-state index in [4.69, 9.17) is 32.7 Å². The summed E-state index contributed by atoms with van der Waals surface area (Å²) in [5.74, 6) is 1.41. The molecule has 0 saturated heterocycles. The van der Waals surface area contributed by atoms with E-state index in [0.717, 1.165) is 5.75 Å². The van der Waals surface area contributed by atoms with Crippen molar-refractivity contribution in [1.82, 2.24) is 0 Å². The van der Waals surface area contributed by atoms with Crippen LogP contribution in [0.15, 0.2) is 36.4 Å². The van der Waals surface area contributed by atoms with Crippen LogP contribution < -0.4 is 9.47 Å². The highest BCUT2D eigenvalue weighted by molar-refractivity contribution is 6.38. The van der Waals surface area contributed by atoms with Crippen LogP contribution in [0.25, 0.3) is 0 Å². The van der Waals surface area contributed by atoms with Crippen LogP contribution in [0, 0.1) is 0 Å². The molecule has 0 radical (unpaired) electrons. The van der Waals surface area contributed by atoms with Crippen molar-refractivity contribution < 1.29 is 14.6 Å². The van der Waals surface area contributed by atoms with Gasteiger partial charge in [0.25, 0.3) is 0 Å². The number of phenolic OH excluding ortho intramolecular Hbond substituents is 1. The lowest BCUT2D eigenvalue weighted by Crippen LogP contribution is -1.88. The van der Waals surface area contributed by atoms with Crippen LogP contribution in [-0.2, 0) is 0 Å². The smallest absolute Gasteiger partial charge is 0.168 e. The standard InChI is InChI=1S/C13H10Cl2O3/c1-17-8-2-4-9(5-3-8)18-13-10(14)6-7-11(16)12(13)15/h2-7,16H,1H3. The Morgan fingerprint density at radius 2 is 1.56 bits per heavy atom. The number of hydrogen-bond acceptors (Lipinski definition) is 3. The molecule has 0 saturated carbocycles. The first kappa shape index (κ1) is 12.9. The summed E-state index contributed by atoms with van der Waals surface area (Å²) in [5, 5.41) is 9.90. The first-order valence-corrected chi connectivity index (χ1v) is 5.86.